The highest BCUT2D eigenvalue weighted by atomic mass is 32.2. The molecule has 0 aromatic heterocycles. The number of ether oxygens (including phenoxy) is 2. The van der Waals surface area contributed by atoms with Gasteiger partial charge in [-0.2, -0.15) is 0 Å². The molecule has 3 rings (SSSR count). The number of hydrogen-bond acceptors (Lipinski definition) is 6. The SMILES string of the molecule is O=S1(=O)C=C=CCOc2ccccc2N=Nc2ccccc2OCC#CC1. The summed E-state index contributed by atoms with van der Waals surface area (Å²) in [6, 6.07) is 14.3. The van der Waals surface area contributed by atoms with Gasteiger partial charge in [0.15, 0.2) is 9.84 Å². The molecule has 27 heavy (non-hydrogen) atoms. The average Bonchev–Trinajstić information content (AvgIpc) is 2.67. The van der Waals surface area contributed by atoms with Crippen LogP contribution in [0.4, 0.5) is 11.4 Å². The van der Waals surface area contributed by atoms with Gasteiger partial charge in [-0.3, -0.25) is 0 Å². The number of para-hydroxylation sites is 2. The van der Waals surface area contributed by atoms with E-state index in [1.54, 1.807) is 24.3 Å². The van der Waals surface area contributed by atoms with Crippen molar-refractivity contribution in [2.24, 2.45) is 10.2 Å². The normalized spacial score (nSPS) is 15.9. The number of fused-ring (bicyclic) bond motifs is 2. The molecule has 1 aliphatic rings. The standard InChI is InChI=1S/C20H16N2O4S/c23-27(24)15-7-5-13-25-19-11-3-1-9-17(19)21-22-18-10-2-4-12-20(18)26-14-6-8-16-27/h1-5,9-12,15H,13-14,16H2. The summed E-state index contributed by atoms with van der Waals surface area (Å²) < 4.78 is 34.9. The van der Waals surface area contributed by atoms with Gasteiger partial charge in [0.2, 0.25) is 0 Å². The summed E-state index contributed by atoms with van der Waals surface area (Å²) >= 11 is 0. The molecule has 0 atom stereocenters. The van der Waals surface area contributed by atoms with Crippen molar-refractivity contribution in [3.05, 3.63) is 65.7 Å². The molecule has 1 aliphatic heterocycles. The predicted molar refractivity (Wildman–Crippen MR) is 102 cm³/mol. The number of nitrogens with zero attached hydrogens (tertiary/aromatic N) is 2. The highest BCUT2D eigenvalue weighted by Crippen LogP contribution is 2.32. The molecule has 0 bridgehead atoms. The zero-order chi connectivity index (χ0) is 19.0. The maximum absolute atomic E-state index is 11.9. The van der Waals surface area contributed by atoms with E-state index in [4.69, 9.17) is 9.47 Å². The molecule has 7 heteroatoms. The van der Waals surface area contributed by atoms with Crippen LogP contribution in [0.15, 0.2) is 76.0 Å². The maximum Gasteiger partial charge on any atom is 0.190 e. The van der Waals surface area contributed by atoms with Crippen molar-refractivity contribution in [1.29, 1.82) is 0 Å². The van der Waals surface area contributed by atoms with E-state index in [2.05, 4.69) is 27.8 Å². The van der Waals surface area contributed by atoms with Gasteiger partial charge in [0.25, 0.3) is 0 Å². The van der Waals surface area contributed by atoms with Crippen LogP contribution in [0.1, 0.15) is 0 Å². The second-order valence-corrected chi connectivity index (χ2v) is 7.23. The van der Waals surface area contributed by atoms with Crippen molar-refractivity contribution in [3.63, 3.8) is 0 Å². The molecule has 0 spiro atoms. The van der Waals surface area contributed by atoms with Gasteiger partial charge in [-0.25, -0.2) is 8.42 Å². The zero-order valence-electron chi connectivity index (χ0n) is 14.3. The van der Waals surface area contributed by atoms with E-state index in [9.17, 15) is 8.42 Å². The second-order valence-electron chi connectivity index (χ2n) is 5.38. The quantitative estimate of drug-likeness (QED) is 0.512. The lowest BCUT2D eigenvalue weighted by atomic mass is 10.3. The smallest absolute Gasteiger partial charge is 0.190 e. The second kappa shape index (κ2) is 8.86. The van der Waals surface area contributed by atoms with Crippen LogP contribution in [0.25, 0.3) is 0 Å². The van der Waals surface area contributed by atoms with E-state index in [0.29, 0.717) is 22.9 Å². The number of azo groups is 1. The van der Waals surface area contributed by atoms with E-state index in [1.807, 2.05) is 24.3 Å². The van der Waals surface area contributed by atoms with Gasteiger partial charge in [-0.05, 0) is 30.3 Å². The fraction of sp³-hybridized carbons (Fsp3) is 0.150. The van der Waals surface area contributed by atoms with E-state index < -0.39 is 9.84 Å². The molecule has 0 saturated heterocycles. The fourth-order valence-corrected chi connectivity index (χ4v) is 2.81. The molecule has 0 saturated carbocycles. The van der Waals surface area contributed by atoms with Crippen LogP contribution in [-0.2, 0) is 9.84 Å². The number of benzene rings is 2. The molecule has 136 valence electrons. The molecule has 0 N–H and O–H groups in total. The van der Waals surface area contributed by atoms with E-state index in [-0.39, 0.29) is 19.0 Å². The Bertz CT molecular complexity index is 1070. The summed E-state index contributed by atoms with van der Waals surface area (Å²) in [7, 11) is -3.46. The average molecular weight is 380 g/mol. The Morgan fingerprint density at radius 1 is 0.852 bits per heavy atom. The number of rotatable bonds is 0. The minimum atomic E-state index is -3.46. The summed E-state index contributed by atoms with van der Waals surface area (Å²) in [5.74, 6) is 5.99. The molecular formula is C20H16N2O4S. The highest BCUT2D eigenvalue weighted by Gasteiger charge is 2.05. The van der Waals surface area contributed by atoms with Crippen molar-refractivity contribution in [1.82, 2.24) is 0 Å². The van der Waals surface area contributed by atoms with Gasteiger partial charge in [0.1, 0.15) is 41.8 Å². The monoisotopic (exact) mass is 380 g/mol. The van der Waals surface area contributed by atoms with Crippen molar-refractivity contribution in [2.75, 3.05) is 19.0 Å². The van der Waals surface area contributed by atoms with Crippen molar-refractivity contribution >= 4 is 21.2 Å². The Kier molecular flexibility index (Phi) is 6.06. The van der Waals surface area contributed by atoms with Crippen LogP contribution in [0, 0.1) is 11.8 Å². The third-order valence-corrected chi connectivity index (χ3v) is 4.42. The largest absolute Gasteiger partial charge is 0.487 e. The summed E-state index contributed by atoms with van der Waals surface area (Å²) in [6.07, 6.45) is 1.48. The first-order chi connectivity index (χ1) is 13.1. The minimum Gasteiger partial charge on any atom is -0.487 e. The Hall–Kier alpha value is -3.33. The third-order valence-electron chi connectivity index (χ3n) is 3.38. The van der Waals surface area contributed by atoms with Crippen LogP contribution in [0.2, 0.25) is 0 Å². The molecule has 0 aliphatic carbocycles. The minimum absolute atomic E-state index is 0.0430. The number of sulfone groups is 1. The van der Waals surface area contributed by atoms with Crippen molar-refractivity contribution in [2.45, 2.75) is 0 Å². The van der Waals surface area contributed by atoms with E-state index in [1.165, 1.54) is 6.08 Å². The molecular weight excluding hydrogens is 364 g/mol. The van der Waals surface area contributed by atoms with Gasteiger partial charge in [-0.15, -0.1) is 16.0 Å². The molecule has 1 heterocycles. The van der Waals surface area contributed by atoms with Gasteiger partial charge in [-0.1, -0.05) is 36.1 Å². The summed E-state index contributed by atoms with van der Waals surface area (Å²) in [5, 5.41) is 9.48. The lowest BCUT2D eigenvalue weighted by molar-refractivity contribution is 0.364. The van der Waals surface area contributed by atoms with Gasteiger partial charge in [0.05, 0.1) is 5.41 Å². The number of hydrogen-bond donors (Lipinski definition) is 0. The van der Waals surface area contributed by atoms with E-state index in [0.717, 1.165) is 5.41 Å². The summed E-state index contributed by atoms with van der Waals surface area (Å²) in [4.78, 5) is 0. The Morgan fingerprint density at radius 2 is 1.48 bits per heavy atom. The predicted octanol–water partition coefficient (Wildman–Crippen LogP) is 3.96. The summed E-state index contributed by atoms with van der Waals surface area (Å²) in [5.41, 5.74) is 3.68. The van der Waals surface area contributed by atoms with Crippen LogP contribution in [0.3, 0.4) is 0 Å². The summed E-state index contributed by atoms with van der Waals surface area (Å²) in [6.45, 7) is 0.186. The zero-order valence-corrected chi connectivity index (χ0v) is 15.1. The molecule has 0 radical (unpaired) electrons. The van der Waals surface area contributed by atoms with E-state index >= 15 is 0 Å². The van der Waals surface area contributed by atoms with Crippen LogP contribution in [-0.4, -0.2) is 27.4 Å². The van der Waals surface area contributed by atoms with Gasteiger partial charge >= 0.3 is 0 Å². The first-order valence-corrected chi connectivity index (χ1v) is 9.80. The third kappa shape index (κ3) is 5.58. The fourth-order valence-electron chi connectivity index (χ4n) is 2.12. The first kappa shape index (κ1) is 18.5. The maximum atomic E-state index is 11.9. The first-order valence-electron chi connectivity index (χ1n) is 8.09. The topological polar surface area (TPSA) is 77.3 Å². The molecule has 0 unspecified atom stereocenters. The van der Waals surface area contributed by atoms with Crippen LogP contribution in [0.5, 0.6) is 11.5 Å². The van der Waals surface area contributed by atoms with Gasteiger partial charge in [0, 0.05) is 0 Å². The molecule has 0 fully saturated rings. The van der Waals surface area contributed by atoms with Crippen LogP contribution < -0.4 is 9.47 Å². The Labute approximate surface area is 157 Å². The Morgan fingerprint density at radius 3 is 2.19 bits per heavy atom. The van der Waals surface area contributed by atoms with Gasteiger partial charge < -0.3 is 9.47 Å². The van der Waals surface area contributed by atoms with Crippen LogP contribution >= 0.6 is 0 Å². The molecule has 6 nitrogen and oxygen atoms in total. The molecule has 2 aromatic carbocycles. The molecule has 0 amide bonds. The lowest BCUT2D eigenvalue weighted by Gasteiger charge is -2.06. The Balaban J connectivity index is 1.96. The molecule has 2 aromatic rings. The highest BCUT2D eigenvalue weighted by molar-refractivity contribution is 7.94. The van der Waals surface area contributed by atoms with Crippen molar-refractivity contribution < 1.29 is 17.9 Å². The lowest BCUT2D eigenvalue weighted by Crippen LogP contribution is -2.00. The van der Waals surface area contributed by atoms with Crippen molar-refractivity contribution in [3.8, 4) is 23.3 Å².